The van der Waals surface area contributed by atoms with E-state index in [1.54, 1.807) is 19.1 Å². The van der Waals surface area contributed by atoms with Gasteiger partial charge in [-0.3, -0.25) is 4.79 Å². The number of nitrogens with zero attached hydrogens (tertiary/aromatic N) is 1. The quantitative estimate of drug-likeness (QED) is 0.743. The number of aliphatic hydroxyl groups is 1. The second-order valence-corrected chi connectivity index (χ2v) is 3.51. The van der Waals surface area contributed by atoms with E-state index in [0.717, 1.165) is 4.90 Å². The van der Waals surface area contributed by atoms with Gasteiger partial charge in [-0.25, -0.2) is 0 Å². The van der Waals surface area contributed by atoms with Gasteiger partial charge >= 0.3 is 0 Å². The molecule has 0 aromatic heterocycles. The van der Waals surface area contributed by atoms with E-state index in [1.807, 2.05) is 0 Å². The van der Waals surface area contributed by atoms with E-state index < -0.39 is 12.0 Å². The summed E-state index contributed by atoms with van der Waals surface area (Å²) in [7, 11) is 0. The minimum Gasteiger partial charge on any atom is -0.530 e. The van der Waals surface area contributed by atoms with Crippen LogP contribution in [0.5, 0.6) is 0 Å². The molecule has 0 unspecified atom stereocenters. The molecule has 0 saturated heterocycles. The van der Waals surface area contributed by atoms with E-state index in [1.165, 1.54) is 12.1 Å². The Balaban J connectivity index is 3.05. The van der Waals surface area contributed by atoms with Crippen molar-refractivity contribution >= 4 is 17.7 Å². The Hall–Kier alpha value is -2.08. The normalized spacial score (nSPS) is 9.89. The van der Waals surface area contributed by atoms with E-state index in [4.69, 9.17) is 5.11 Å². The Morgan fingerprint density at radius 3 is 2.61 bits per heavy atom. The summed E-state index contributed by atoms with van der Waals surface area (Å²) in [6.45, 7) is 1.78. The van der Waals surface area contributed by atoms with Crippen LogP contribution in [0.2, 0.25) is 0 Å². The Kier molecular flexibility index (Phi) is 5.13. The van der Waals surface area contributed by atoms with E-state index in [0.29, 0.717) is 0 Å². The van der Waals surface area contributed by atoms with Crippen LogP contribution in [0, 0.1) is 0 Å². The smallest absolute Gasteiger partial charge is 0.253 e. The first-order valence-corrected chi connectivity index (χ1v) is 5.58. The summed E-state index contributed by atoms with van der Waals surface area (Å²) in [6, 6.07) is 6.34. The standard InChI is InChI=1S/C12H16N2O4/c1-2-14(12(17)18)10-6-4-3-5-9(10)11(16)13-7-8-15/h3-6,15H,2,7-8H2,1H3,(H,13,16)(H,17,18)/p-1. The zero-order valence-corrected chi connectivity index (χ0v) is 10.0. The highest BCUT2D eigenvalue weighted by atomic mass is 16.4. The molecule has 0 atom stereocenters. The molecule has 18 heavy (non-hydrogen) atoms. The summed E-state index contributed by atoms with van der Waals surface area (Å²) >= 11 is 0. The fraction of sp³-hybridized carbons (Fsp3) is 0.333. The molecule has 0 aliphatic rings. The summed E-state index contributed by atoms with van der Waals surface area (Å²) in [6.07, 6.45) is -1.36. The molecular weight excluding hydrogens is 236 g/mol. The second kappa shape index (κ2) is 6.61. The number of carbonyl (C=O) groups is 2. The van der Waals surface area contributed by atoms with Crippen molar-refractivity contribution in [1.82, 2.24) is 5.32 Å². The lowest BCUT2D eigenvalue weighted by Gasteiger charge is -2.25. The Morgan fingerprint density at radius 1 is 1.39 bits per heavy atom. The average molecular weight is 251 g/mol. The number of anilines is 1. The van der Waals surface area contributed by atoms with Crippen LogP contribution in [0.1, 0.15) is 17.3 Å². The van der Waals surface area contributed by atoms with Crippen LogP contribution in [0.25, 0.3) is 0 Å². The van der Waals surface area contributed by atoms with Crippen LogP contribution in [0.4, 0.5) is 10.5 Å². The minimum atomic E-state index is -1.36. The molecule has 98 valence electrons. The largest absolute Gasteiger partial charge is 0.530 e. The number of nitrogens with one attached hydrogen (secondary N) is 1. The van der Waals surface area contributed by atoms with Gasteiger partial charge < -0.3 is 25.2 Å². The first-order valence-electron chi connectivity index (χ1n) is 5.58. The van der Waals surface area contributed by atoms with E-state index in [-0.39, 0.29) is 30.9 Å². The monoisotopic (exact) mass is 251 g/mol. The van der Waals surface area contributed by atoms with Gasteiger partial charge in [0, 0.05) is 13.1 Å². The van der Waals surface area contributed by atoms with Crippen molar-refractivity contribution in [2.75, 3.05) is 24.6 Å². The summed E-state index contributed by atoms with van der Waals surface area (Å²) in [5.41, 5.74) is 0.507. The molecule has 0 spiro atoms. The molecule has 1 aromatic carbocycles. The highest BCUT2D eigenvalue weighted by molar-refractivity contribution is 6.02. The number of aliphatic hydroxyl groups excluding tert-OH is 1. The highest BCUT2D eigenvalue weighted by Gasteiger charge is 2.15. The Labute approximate surface area is 105 Å². The number of para-hydroxylation sites is 1. The van der Waals surface area contributed by atoms with Crippen LogP contribution < -0.4 is 15.3 Å². The Morgan fingerprint density at radius 2 is 2.06 bits per heavy atom. The second-order valence-electron chi connectivity index (χ2n) is 3.51. The molecule has 0 radical (unpaired) electrons. The molecule has 0 fully saturated rings. The molecule has 0 bridgehead atoms. The van der Waals surface area contributed by atoms with Gasteiger partial charge in [-0.2, -0.15) is 0 Å². The van der Waals surface area contributed by atoms with Gasteiger partial charge in [-0.15, -0.1) is 0 Å². The van der Waals surface area contributed by atoms with Gasteiger partial charge in [0.15, 0.2) is 0 Å². The van der Waals surface area contributed by atoms with Crippen LogP contribution in [-0.4, -0.2) is 36.8 Å². The minimum absolute atomic E-state index is 0.116. The van der Waals surface area contributed by atoms with Crippen molar-refractivity contribution in [3.63, 3.8) is 0 Å². The van der Waals surface area contributed by atoms with Crippen LogP contribution in [-0.2, 0) is 0 Å². The lowest BCUT2D eigenvalue weighted by molar-refractivity contribution is -0.246. The number of rotatable bonds is 5. The van der Waals surface area contributed by atoms with Crippen molar-refractivity contribution in [2.45, 2.75) is 6.92 Å². The van der Waals surface area contributed by atoms with Crippen LogP contribution in [0.15, 0.2) is 24.3 Å². The molecule has 2 amide bonds. The lowest BCUT2D eigenvalue weighted by atomic mass is 10.1. The lowest BCUT2D eigenvalue weighted by Crippen LogP contribution is -2.42. The maximum absolute atomic E-state index is 11.8. The van der Waals surface area contributed by atoms with Crippen molar-refractivity contribution in [2.24, 2.45) is 0 Å². The molecule has 0 heterocycles. The predicted molar refractivity (Wildman–Crippen MR) is 64.3 cm³/mol. The van der Waals surface area contributed by atoms with E-state index >= 15 is 0 Å². The third-order valence-corrected chi connectivity index (χ3v) is 2.37. The fourth-order valence-corrected chi connectivity index (χ4v) is 1.56. The van der Waals surface area contributed by atoms with E-state index in [9.17, 15) is 14.7 Å². The van der Waals surface area contributed by atoms with Crippen LogP contribution in [0.3, 0.4) is 0 Å². The summed E-state index contributed by atoms with van der Waals surface area (Å²) in [4.78, 5) is 23.7. The highest BCUT2D eigenvalue weighted by Crippen LogP contribution is 2.19. The third-order valence-electron chi connectivity index (χ3n) is 2.37. The van der Waals surface area contributed by atoms with Gasteiger partial charge in [-0.05, 0) is 19.1 Å². The van der Waals surface area contributed by atoms with Gasteiger partial charge in [-0.1, -0.05) is 12.1 Å². The number of hydrogen-bond donors (Lipinski definition) is 2. The number of benzene rings is 1. The molecule has 0 aliphatic carbocycles. The van der Waals surface area contributed by atoms with Gasteiger partial charge in [0.1, 0.15) is 6.09 Å². The molecular formula is C12H15N2O4-. The maximum Gasteiger partial charge on any atom is 0.253 e. The molecule has 6 nitrogen and oxygen atoms in total. The molecule has 6 heteroatoms. The summed E-state index contributed by atoms with van der Waals surface area (Å²) in [5.74, 6) is -0.431. The maximum atomic E-state index is 11.8. The number of carbonyl (C=O) groups excluding carboxylic acids is 2. The van der Waals surface area contributed by atoms with Crippen LogP contribution >= 0.6 is 0 Å². The number of hydrogen-bond acceptors (Lipinski definition) is 4. The SMILES string of the molecule is CCN(C(=O)[O-])c1ccccc1C(=O)NCCO. The zero-order chi connectivity index (χ0) is 13.5. The molecule has 1 rings (SSSR count). The molecule has 1 aromatic rings. The van der Waals surface area contributed by atoms with Gasteiger partial charge in [0.2, 0.25) is 0 Å². The molecule has 0 aliphatic heterocycles. The van der Waals surface area contributed by atoms with Crippen molar-refractivity contribution in [1.29, 1.82) is 0 Å². The van der Waals surface area contributed by atoms with Crippen molar-refractivity contribution in [3.8, 4) is 0 Å². The molecule has 0 saturated carbocycles. The zero-order valence-electron chi connectivity index (χ0n) is 10.0. The summed E-state index contributed by atoms with van der Waals surface area (Å²) in [5, 5.41) is 22.1. The third kappa shape index (κ3) is 3.21. The first kappa shape index (κ1) is 14.0. The van der Waals surface area contributed by atoms with Crippen molar-refractivity contribution < 1.29 is 19.8 Å². The number of amides is 2. The van der Waals surface area contributed by atoms with E-state index in [2.05, 4.69) is 5.32 Å². The topological polar surface area (TPSA) is 92.7 Å². The van der Waals surface area contributed by atoms with Crippen molar-refractivity contribution in [3.05, 3.63) is 29.8 Å². The summed E-state index contributed by atoms with van der Waals surface area (Å²) < 4.78 is 0. The number of carboxylic acid groups (broad SMARTS) is 1. The molecule has 2 N–H and O–H groups in total. The Bertz CT molecular complexity index is 434. The average Bonchev–Trinajstić information content (AvgIpc) is 2.37. The fourth-order valence-electron chi connectivity index (χ4n) is 1.56. The van der Waals surface area contributed by atoms with Gasteiger partial charge in [0.25, 0.3) is 5.91 Å². The predicted octanol–water partition coefficient (Wildman–Crippen LogP) is -0.422. The first-order chi connectivity index (χ1) is 8.61. The van der Waals surface area contributed by atoms with Gasteiger partial charge in [0.05, 0.1) is 17.9 Å².